The van der Waals surface area contributed by atoms with Crippen molar-refractivity contribution in [3.05, 3.63) is 0 Å². The highest BCUT2D eigenvalue weighted by Crippen LogP contribution is 2.39. The van der Waals surface area contributed by atoms with Crippen molar-refractivity contribution in [1.82, 2.24) is 0 Å². The minimum Gasteiger partial charge on any atom is -0.465 e. The lowest BCUT2D eigenvalue weighted by Crippen LogP contribution is -2.40. The van der Waals surface area contributed by atoms with Crippen LogP contribution in [0.25, 0.3) is 0 Å². The third kappa shape index (κ3) is 2.57. The fourth-order valence-corrected chi connectivity index (χ4v) is 1.94. The third-order valence-corrected chi connectivity index (χ3v) is 2.82. The second-order valence-corrected chi connectivity index (χ2v) is 3.87. The molecule has 0 bridgehead atoms. The van der Waals surface area contributed by atoms with Crippen LogP contribution in [0.4, 0.5) is 0 Å². The molecule has 0 aliphatic heterocycles. The zero-order chi connectivity index (χ0) is 12.9. The van der Waals surface area contributed by atoms with Gasteiger partial charge in [-0.2, -0.15) is 0 Å². The molecule has 0 saturated heterocycles. The summed E-state index contributed by atoms with van der Waals surface area (Å²) in [5, 5.41) is 11.8. The Labute approximate surface area is 99.6 Å². The minimum atomic E-state index is -1.33. The standard InChI is InChI=1S/C11H17NO5/c1-3-16-9(13)11(10(14)17-4-2)6-5-8(7-11)12-15/h15H,3-7H2,1-2H3/b12-8+. The van der Waals surface area contributed by atoms with Gasteiger partial charge in [0.2, 0.25) is 0 Å². The van der Waals surface area contributed by atoms with Gasteiger partial charge in [0.05, 0.1) is 18.9 Å². The average molecular weight is 243 g/mol. The number of esters is 2. The summed E-state index contributed by atoms with van der Waals surface area (Å²) >= 11 is 0. The molecule has 1 rings (SSSR count). The van der Waals surface area contributed by atoms with Crippen LogP contribution in [0.3, 0.4) is 0 Å². The van der Waals surface area contributed by atoms with Gasteiger partial charge in [-0.3, -0.25) is 9.59 Å². The van der Waals surface area contributed by atoms with Crippen LogP contribution in [0.2, 0.25) is 0 Å². The number of rotatable bonds is 4. The molecule has 17 heavy (non-hydrogen) atoms. The van der Waals surface area contributed by atoms with E-state index < -0.39 is 17.4 Å². The lowest BCUT2D eigenvalue weighted by molar-refractivity contribution is -0.171. The molecule has 1 N–H and O–H groups in total. The Bertz CT molecular complexity index is 319. The van der Waals surface area contributed by atoms with E-state index in [-0.39, 0.29) is 26.1 Å². The number of oxime groups is 1. The normalized spacial score (nSPS) is 20.2. The van der Waals surface area contributed by atoms with E-state index in [0.717, 1.165) is 0 Å². The fourth-order valence-electron chi connectivity index (χ4n) is 1.94. The van der Waals surface area contributed by atoms with Crippen molar-refractivity contribution in [3.63, 3.8) is 0 Å². The van der Waals surface area contributed by atoms with Crippen molar-refractivity contribution < 1.29 is 24.3 Å². The first kappa shape index (κ1) is 13.5. The summed E-state index contributed by atoms with van der Waals surface area (Å²) in [5.41, 5.74) is -0.903. The summed E-state index contributed by atoms with van der Waals surface area (Å²) in [4.78, 5) is 23.8. The zero-order valence-corrected chi connectivity index (χ0v) is 10.1. The fraction of sp³-hybridized carbons (Fsp3) is 0.727. The van der Waals surface area contributed by atoms with Crippen LogP contribution < -0.4 is 0 Å². The summed E-state index contributed by atoms with van der Waals surface area (Å²) in [5.74, 6) is -1.20. The highest BCUT2D eigenvalue weighted by molar-refractivity contribution is 6.07. The minimum absolute atomic E-state index is 0.0706. The quantitative estimate of drug-likeness (QED) is 0.346. The Balaban J connectivity index is 2.94. The lowest BCUT2D eigenvalue weighted by Gasteiger charge is -2.23. The molecule has 1 aliphatic rings. The number of hydrogen-bond acceptors (Lipinski definition) is 6. The number of hydrogen-bond donors (Lipinski definition) is 1. The van der Waals surface area contributed by atoms with Crippen molar-refractivity contribution in [3.8, 4) is 0 Å². The Kier molecular flexibility index (Phi) is 4.48. The largest absolute Gasteiger partial charge is 0.465 e. The van der Waals surface area contributed by atoms with E-state index in [1.54, 1.807) is 13.8 Å². The molecular formula is C11H17NO5. The molecule has 0 heterocycles. The van der Waals surface area contributed by atoms with Gasteiger partial charge in [0.15, 0.2) is 5.41 Å². The number of ether oxygens (including phenoxy) is 2. The van der Waals surface area contributed by atoms with E-state index in [9.17, 15) is 9.59 Å². The first-order valence-electron chi connectivity index (χ1n) is 5.65. The maximum absolute atomic E-state index is 11.9. The molecular weight excluding hydrogens is 226 g/mol. The van der Waals surface area contributed by atoms with Crippen molar-refractivity contribution in [2.24, 2.45) is 10.6 Å². The van der Waals surface area contributed by atoms with Crippen LogP contribution in [-0.2, 0) is 19.1 Å². The number of carbonyl (C=O) groups excluding carboxylic acids is 2. The van der Waals surface area contributed by atoms with Crippen LogP contribution in [0.15, 0.2) is 5.16 Å². The Morgan fingerprint density at radius 2 is 1.82 bits per heavy atom. The molecule has 0 radical (unpaired) electrons. The Morgan fingerprint density at radius 3 is 2.18 bits per heavy atom. The van der Waals surface area contributed by atoms with E-state index >= 15 is 0 Å². The molecule has 1 fully saturated rings. The maximum atomic E-state index is 11.9. The van der Waals surface area contributed by atoms with E-state index in [1.807, 2.05) is 0 Å². The van der Waals surface area contributed by atoms with Gasteiger partial charge in [-0.15, -0.1) is 0 Å². The van der Waals surface area contributed by atoms with E-state index in [1.165, 1.54) is 0 Å². The topological polar surface area (TPSA) is 85.2 Å². The molecule has 0 unspecified atom stereocenters. The Hall–Kier alpha value is -1.59. The monoisotopic (exact) mass is 243 g/mol. The van der Waals surface area contributed by atoms with Gasteiger partial charge < -0.3 is 14.7 Å². The Morgan fingerprint density at radius 1 is 1.29 bits per heavy atom. The maximum Gasteiger partial charge on any atom is 0.323 e. The second kappa shape index (κ2) is 5.65. The summed E-state index contributed by atoms with van der Waals surface area (Å²) in [7, 11) is 0. The van der Waals surface area contributed by atoms with Gasteiger partial charge in [0, 0.05) is 6.42 Å². The number of carbonyl (C=O) groups is 2. The summed E-state index contributed by atoms with van der Waals surface area (Å²) < 4.78 is 9.83. The molecule has 1 saturated carbocycles. The molecule has 0 atom stereocenters. The van der Waals surface area contributed by atoms with Crippen LogP contribution in [0, 0.1) is 5.41 Å². The highest BCUT2D eigenvalue weighted by Gasteiger charge is 2.53. The summed E-state index contributed by atoms with van der Waals surface area (Å²) in [6.07, 6.45) is 0.735. The lowest BCUT2D eigenvalue weighted by atomic mass is 9.86. The highest BCUT2D eigenvalue weighted by atomic mass is 16.6. The van der Waals surface area contributed by atoms with Crippen molar-refractivity contribution >= 4 is 17.7 Å². The van der Waals surface area contributed by atoms with Crippen molar-refractivity contribution in [2.45, 2.75) is 33.1 Å². The van der Waals surface area contributed by atoms with Gasteiger partial charge in [-0.25, -0.2) is 0 Å². The zero-order valence-electron chi connectivity index (χ0n) is 10.1. The predicted octanol–water partition coefficient (Wildman–Crippen LogP) is 1.11. The van der Waals surface area contributed by atoms with Crippen LogP contribution in [0.1, 0.15) is 33.1 Å². The molecule has 0 spiro atoms. The molecule has 6 nitrogen and oxygen atoms in total. The van der Waals surface area contributed by atoms with Crippen molar-refractivity contribution in [1.29, 1.82) is 0 Å². The van der Waals surface area contributed by atoms with Crippen LogP contribution in [-0.4, -0.2) is 36.1 Å². The first-order chi connectivity index (χ1) is 8.10. The van der Waals surface area contributed by atoms with Crippen molar-refractivity contribution in [2.75, 3.05) is 13.2 Å². The summed E-state index contributed by atoms with van der Waals surface area (Å²) in [6, 6.07) is 0. The average Bonchev–Trinajstić information content (AvgIpc) is 2.75. The molecule has 0 amide bonds. The van der Waals surface area contributed by atoms with E-state index in [4.69, 9.17) is 14.7 Å². The predicted molar refractivity (Wildman–Crippen MR) is 58.8 cm³/mol. The van der Waals surface area contributed by atoms with Crippen LogP contribution >= 0.6 is 0 Å². The molecule has 0 aromatic heterocycles. The SMILES string of the molecule is CCOC(=O)C1(C(=O)OCC)CC/C(=N\O)C1. The van der Waals surface area contributed by atoms with Crippen LogP contribution in [0.5, 0.6) is 0 Å². The smallest absolute Gasteiger partial charge is 0.323 e. The van der Waals surface area contributed by atoms with Gasteiger partial charge in [0.25, 0.3) is 0 Å². The third-order valence-electron chi connectivity index (χ3n) is 2.82. The van der Waals surface area contributed by atoms with Gasteiger partial charge in [-0.05, 0) is 26.7 Å². The molecule has 0 aromatic carbocycles. The molecule has 96 valence electrons. The van der Waals surface area contributed by atoms with Gasteiger partial charge in [-0.1, -0.05) is 5.16 Å². The van der Waals surface area contributed by atoms with Gasteiger partial charge in [0.1, 0.15) is 0 Å². The van der Waals surface area contributed by atoms with Gasteiger partial charge >= 0.3 is 11.9 Å². The molecule has 6 heteroatoms. The number of nitrogens with zero attached hydrogens (tertiary/aromatic N) is 1. The summed E-state index contributed by atoms with van der Waals surface area (Å²) in [6.45, 7) is 3.75. The van der Waals surface area contributed by atoms with E-state index in [2.05, 4.69) is 5.16 Å². The molecule has 1 aliphatic carbocycles. The second-order valence-electron chi connectivity index (χ2n) is 3.87. The van der Waals surface area contributed by atoms with E-state index in [0.29, 0.717) is 12.1 Å². The first-order valence-corrected chi connectivity index (χ1v) is 5.65. The molecule has 0 aromatic rings.